The number of benzene rings is 5. The summed E-state index contributed by atoms with van der Waals surface area (Å²) in [7, 11) is 3.90. The number of carbonyl (C=O) groups is 3. The van der Waals surface area contributed by atoms with Crippen molar-refractivity contribution in [1.29, 1.82) is 0 Å². The lowest BCUT2D eigenvalue weighted by molar-refractivity contribution is -0.116. The predicted octanol–water partition coefficient (Wildman–Crippen LogP) is 8.55. The fourth-order valence-corrected chi connectivity index (χ4v) is 7.17. The smallest absolute Gasteiger partial charge is 0.272 e. The number of nitrogens with zero attached hydrogens (tertiary/aromatic N) is 2. The Morgan fingerprint density at radius 1 is 0.800 bits per heavy atom. The lowest BCUT2D eigenvalue weighted by Gasteiger charge is -2.17. The molecule has 3 N–H and O–H groups in total. The number of rotatable bonds is 11. The molecule has 0 saturated heterocycles. The van der Waals surface area contributed by atoms with Crippen molar-refractivity contribution >= 4 is 73.6 Å². The van der Waals surface area contributed by atoms with Crippen molar-refractivity contribution in [3.63, 3.8) is 0 Å². The number of thiazole rings is 1. The number of anilines is 3. The van der Waals surface area contributed by atoms with Crippen molar-refractivity contribution in [2.24, 2.45) is 0 Å². The van der Waals surface area contributed by atoms with Crippen LogP contribution in [0.15, 0.2) is 138 Å². The molecule has 1 unspecified atom stereocenters. The van der Waals surface area contributed by atoms with E-state index in [2.05, 4.69) is 27.0 Å². The summed E-state index contributed by atoms with van der Waals surface area (Å²) < 4.78 is 1.01. The zero-order valence-electron chi connectivity index (χ0n) is 27.7. The van der Waals surface area contributed by atoms with E-state index in [1.165, 1.54) is 23.1 Å². The summed E-state index contributed by atoms with van der Waals surface area (Å²) >= 11 is 2.81. The van der Waals surface area contributed by atoms with Crippen molar-refractivity contribution in [2.75, 3.05) is 29.6 Å². The van der Waals surface area contributed by atoms with Gasteiger partial charge < -0.3 is 20.9 Å². The lowest BCUT2D eigenvalue weighted by atomic mass is 10.1. The fraction of sp³-hybridized carbons (Fsp3) is 0.100. The molecule has 10 heteroatoms. The van der Waals surface area contributed by atoms with Crippen molar-refractivity contribution in [3.8, 4) is 0 Å². The van der Waals surface area contributed by atoms with Crippen LogP contribution in [0.2, 0.25) is 0 Å². The molecule has 6 aromatic rings. The molecule has 50 heavy (non-hydrogen) atoms. The average Bonchev–Trinajstić information content (AvgIpc) is 3.52. The van der Waals surface area contributed by atoms with Crippen LogP contribution >= 0.6 is 23.1 Å². The number of aryl methyl sites for hydroxylation is 1. The van der Waals surface area contributed by atoms with Gasteiger partial charge in [-0.2, -0.15) is 0 Å². The topological polar surface area (TPSA) is 103 Å². The third kappa shape index (κ3) is 8.65. The summed E-state index contributed by atoms with van der Waals surface area (Å²) in [6, 6.07) is 39.3. The van der Waals surface area contributed by atoms with Crippen LogP contribution in [-0.4, -0.2) is 36.8 Å². The molecular formula is C40H35N5O3S2. The van der Waals surface area contributed by atoms with Gasteiger partial charge >= 0.3 is 0 Å². The number of nitrogens with one attached hydrogen (secondary N) is 3. The highest BCUT2D eigenvalue weighted by Crippen LogP contribution is 2.38. The van der Waals surface area contributed by atoms with Crippen molar-refractivity contribution in [2.45, 2.75) is 17.1 Å². The molecule has 0 radical (unpaired) electrons. The number of carbonyl (C=O) groups excluding carboxylic acids is 3. The average molecular weight is 698 g/mol. The third-order valence-corrected chi connectivity index (χ3v) is 9.89. The highest BCUT2D eigenvalue weighted by molar-refractivity contribution is 8.00. The van der Waals surface area contributed by atoms with Gasteiger partial charge in [-0.1, -0.05) is 84.1 Å². The van der Waals surface area contributed by atoms with E-state index in [0.29, 0.717) is 16.4 Å². The molecule has 0 aliphatic rings. The first kappa shape index (κ1) is 34.2. The summed E-state index contributed by atoms with van der Waals surface area (Å²) in [6.07, 6.45) is 1.65. The monoisotopic (exact) mass is 697 g/mol. The normalized spacial score (nSPS) is 11.9. The Morgan fingerprint density at radius 2 is 1.52 bits per heavy atom. The Hall–Kier alpha value is -5.71. The molecule has 1 aromatic heterocycles. The number of amides is 3. The van der Waals surface area contributed by atoms with Gasteiger partial charge in [0.05, 0.1) is 10.2 Å². The van der Waals surface area contributed by atoms with Gasteiger partial charge in [0.25, 0.3) is 11.8 Å². The summed E-state index contributed by atoms with van der Waals surface area (Å²) in [5.41, 5.74) is 5.57. The van der Waals surface area contributed by atoms with E-state index in [0.717, 1.165) is 37.5 Å². The molecule has 0 aliphatic carbocycles. The van der Waals surface area contributed by atoms with Gasteiger partial charge in [-0.05, 0) is 84.3 Å². The van der Waals surface area contributed by atoms with Crippen LogP contribution in [0.1, 0.15) is 32.3 Å². The molecule has 5 aromatic carbocycles. The van der Waals surface area contributed by atoms with Crippen LogP contribution in [0.25, 0.3) is 16.3 Å². The van der Waals surface area contributed by atoms with Gasteiger partial charge in [-0.15, -0.1) is 11.8 Å². The van der Waals surface area contributed by atoms with Gasteiger partial charge in [0.2, 0.25) is 5.91 Å². The maximum atomic E-state index is 13.8. The highest BCUT2D eigenvalue weighted by Gasteiger charge is 2.24. The van der Waals surface area contributed by atoms with E-state index in [9.17, 15) is 14.4 Å². The number of aromatic nitrogens is 1. The summed E-state index contributed by atoms with van der Waals surface area (Å²) in [5, 5.41) is 8.69. The largest absolute Gasteiger partial charge is 0.378 e. The summed E-state index contributed by atoms with van der Waals surface area (Å²) in [5.74, 6) is -1.10. The van der Waals surface area contributed by atoms with Gasteiger partial charge in [0.15, 0.2) is 5.13 Å². The summed E-state index contributed by atoms with van der Waals surface area (Å²) in [4.78, 5) is 48.0. The van der Waals surface area contributed by atoms with E-state index in [1.807, 2.05) is 117 Å². The Kier molecular flexibility index (Phi) is 10.7. The minimum Gasteiger partial charge on any atom is -0.378 e. The Bertz CT molecular complexity index is 2160. The number of fused-ring (bicyclic) bond motifs is 1. The van der Waals surface area contributed by atoms with Crippen LogP contribution in [0, 0.1) is 6.92 Å². The predicted molar refractivity (Wildman–Crippen MR) is 206 cm³/mol. The maximum Gasteiger partial charge on any atom is 0.272 e. The first-order valence-corrected chi connectivity index (χ1v) is 17.6. The number of hydrogen-bond acceptors (Lipinski definition) is 7. The second-order valence-corrected chi connectivity index (χ2v) is 13.9. The van der Waals surface area contributed by atoms with E-state index in [1.54, 1.807) is 36.4 Å². The lowest BCUT2D eigenvalue weighted by Crippen LogP contribution is -2.30. The molecule has 0 bridgehead atoms. The van der Waals surface area contributed by atoms with Crippen molar-refractivity contribution in [3.05, 3.63) is 155 Å². The molecule has 6 rings (SSSR count). The minimum atomic E-state index is -0.596. The molecule has 1 heterocycles. The van der Waals surface area contributed by atoms with E-state index < -0.39 is 17.1 Å². The zero-order chi connectivity index (χ0) is 35.0. The van der Waals surface area contributed by atoms with Crippen molar-refractivity contribution in [1.82, 2.24) is 10.3 Å². The van der Waals surface area contributed by atoms with Crippen LogP contribution < -0.4 is 20.9 Å². The SMILES string of the molecule is Cc1ccc2nc(NC(=O)C(Sc3cccc(NC(=O)/C(=C\c4ccc(N(C)C)cc4)NC(=O)c4ccccc4)c3)c3ccccc3)sc2c1. The molecule has 0 spiro atoms. The number of thioether (sulfide) groups is 1. The molecule has 0 saturated carbocycles. The van der Waals surface area contributed by atoms with E-state index in [4.69, 9.17) is 0 Å². The maximum absolute atomic E-state index is 13.8. The first-order chi connectivity index (χ1) is 24.2. The molecule has 1 atom stereocenters. The minimum absolute atomic E-state index is 0.0853. The van der Waals surface area contributed by atoms with Crippen LogP contribution in [0.3, 0.4) is 0 Å². The Balaban J connectivity index is 1.23. The Labute approximate surface area is 299 Å². The highest BCUT2D eigenvalue weighted by atomic mass is 32.2. The quantitative estimate of drug-likeness (QED) is 0.0927. The van der Waals surface area contributed by atoms with Crippen LogP contribution in [0.4, 0.5) is 16.5 Å². The van der Waals surface area contributed by atoms with E-state index in [-0.39, 0.29) is 11.6 Å². The van der Waals surface area contributed by atoms with Crippen LogP contribution in [-0.2, 0) is 9.59 Å². The second-order valence-electron chi connectivity index (χ2n) is 11.7. The molecule has 8 nitrogen and oxygen atoms in total. The molecule has 0 fully saturated rings. The zero-order valence-corrected chi connectivity index (χ0v) is 29.3. The number of hydrogen-bond donors (Lipinski definition) is 3. The molecule has 250 valence electrons. The molecule has 0 aliphatic heterocycles. The fourth-order valence-electron chi connectivity index (χ4n) is 5.12. The standard InChI is InChI=1S/C40H35N5O3S2/c1-26-17-22-33-35(23-26)50-40(43-33)44-39(48)36(28-11-6-4-7-12-28)49-32-16-10-15-30(25-32)41-38(47)34(42-37(46)29-13-8-5-9-14-29)24-27-18-20-31(21-19-27)45(2)3/h4-25,36H,1-3H3,(H,41,47)(H,42,46)(H,43,44,48)/b34-24+. The van der Waals surface area contributed by atoms with Gasteiger partial charge in [-0.25, -0.2) is 4.98 Å². The van der Waals surface area contributed by atoms with E-state index >= 15 is 0 Å². The molecular weight excluding hydrogens is 663 g/mol. The third-order valence-electron chi connectivity index (χ3n) is 7.71. The van der Waals surface area contributed by atoms with Gasteiger partial charge in [0, 0.05) is 35.9 Å². The second kappa shape index (κ2) is 15.7. The van der Waals surface area contributed by atoms with Crippen LogP contribution in [0.5, 0.6) is 0 Å². The first-order valence-electron chi connectivity index (χ1n) is 15.9. The molecule has 3 amide bonds. The van der Waals surface area contributed by atoms with Gasteiger partial charge in [-0.3, -0.25) is 14.4 Å². The Morgan fingerprint density at radius 3 is 2.24 bits per heavy atom. The summed E-state index contributed by atoms with van der Waals surface area (Å²) in [6.45, 7) is 2.03. The van der Waals surface area contributed by atoms with Gasteiger partial charge in [0.1, 0.15) is 10.9 Å². The van der Waals surface area contributed by atoms with Crippen molar-refractivity contribution < 1.29 is 14.4 Å².